The van der Waals surface area contributed by atoms with Crippen molar-refractivity contribution in [2.45, 2.75) is 6.92 Å². The Labute approximate surface area is 179 Å². The van der Waals surface area contributed by atoms with Crippen molar-refractivity contribution in [3.05, 3.63) is 63.2 Å². The second kappa shape index (κ2) is 9.21. The molecule has 0 atom stereocenters. The van der Waals surface area contributed by atoms with Gasteiger partial charge in [-0.2, -0.15) is 0 Å². The number of para-hydroxylation sites is 1. The van der Waals surface area contributed by atoms with Crippen LogP contribution in [0.25, 0.3) is 16.6 Å². The van der Waals surface area contributed by atoms with Crippen molar-refractivity contribution >= 4 is 95.3 Å². The van der Waals surface area contributed by atoms with Crippen LogP contribution in [0.4, 0.5) is 0 Å². The molecule has 0 aliphatic heterocycles. The van der Waals surface area contributed by atoms with E-state index in [9.17, 15) is 0 Å². The van der Waals surface area contributed by atoms with Crippen LogP contribution in [0.5, 0.6) is 0 Å². The number of halogens is 7. The average Bonchev–Trinajstić information content (AvgIpc) is 2.44. The summed E-state index contributed by atoms with van der Waals surface area (Å²) in [5.74, 6) is 0. The molecule has 0 fully saturated rings. The summed E-state index contributed by atoms with van der Waals surface area (Å²) in [4.78, 5) is 0. The molecule has 0 radical (unpaired) electrons. The Bertz CT molecular complexity index is 883. The Hall–Kier alpha value is 0.628. The minimum atomic E-state index is -3.21. The van der Waals surface area contributed by atoms with Gasteiger partial charge in [-0.1, -0.05) is 46.9 Å². The van der Waals surface area contributed by atoms with Gasteiger partial charge in [0.05, 0.1) is 5.39 Å². The summed E-state index contributed by atoms with van der Waals surface area (Å²) in [5.41, 5.74) is 2.45. The van der Waals surface area contributed by atoms with Crippen LogP contribution in [0.1, 0.15) is 5.69 Å². The first-order chi connectivity index (χ1) is 11.6. The van der Waals surface area contributed by atoms with Gasteiger partial charge in [0.1, 0.15) is 15.7 Å². The molecule has 10 heteroatoms. The molecule has 0 saturated carbocycles. The maximum absolute atomic E-state index is 6.29. The van der Waals surface area contributed by atoms with Crippen molar-refractivity contribution in [3.63, 3.8) is 0 Å². The monoisotopic (exact) mass is 584 g/mol. The van der Waals surface area contributed by atoms with Crippen molar-refractivity contribution in [2.75, 3.05) is 0 Å². The first kappa shape index (κ1) is 21.9. The van der Waals surface area contributed by atoms with Crippen LogP contribution in [0.2, 0.25) is 15.1 Å². The Balaban J connectivity index is 0.000000399. The van der Waals surface area contributed by atoms with Gasteiger partial charge in [-0.3, -0.25) is 0 Å². The Morgan fingerprint density at radius 2 is 1.40 bits per heavy atom. The van der Waals surface area contributed by atoms with Gasteiger partial charge in [-0.05, 0) is 35.9 Å². The summed E-state index contributed by atoms with van der Waals surface area (Å²) in [6, 6.07) is 13.3. The minimum absolute atomic E-state index is 0.468. The van der Waals surface area contributed by atoms with E-state index in [1.807, 2.05) is 37.3 Å². The molecular weight excluding hydrogens is 578 g/mol. The summed E-state index contributed by atoms with van der Waals surface area (Å²) < 4.78 is 1.76. The van der Waals surface area contributed by atoms with Crippen LogP contribution >= 0.6 is 70.1 Å². The van der Waals surface area contributed by atoms with Crippen molar-refractivity contribution < 1.29 is 4.68 Å². The molecule has 0 spiro atoms. The number of aryl methyl sites for hydroxylation is 1. The molecule has 1 heterocycles. The zero-order valence-electron chi connectivity index (χ0n) is 12.5. The van der Waals surface area contributed by atoms with E-state index in [4.69, 9.17) is 70.1 Å². The third kappa shape index (κ3) is 6.63. The van der Waals surface area contributed by atoms with E-state index in [1.165, 1.54) is 0 Å². The number of rotatable bonds is 1. The van der Waals surface area contributed by atoms with Gasteiger partial charge in [-0.15, -0.1) is 0 Å². The first-order valence-corrected chi connectivity index (χ1v) is 20.7. The predicted molar refractivity (Wildman–Crippen MR) is 112 cm³/mol. The van der Waals surface area contributed by atoms with E-state index in [0.29, 0.717) is 20.8 Å². The Morgan fingerprint density at radius 3 is 1.96 bits per heavy atom. The Morgan fingerprint density at radius 1 is 0.880 bits per heavy atom. The van der Waals surface area contributed by atoms with E-state index >= 15 is 0 Å². The summed E-state index contributed by atoms with van der Waals surface area (Å²) in [6.07, 6.45) is 0. The first-order valence-electron chi connectivity index (χ1n) is 6.67. The zero-order chi connectivity index (χ0) is 18.8. The van der Waals surface area contributed by atoms with E-state index in [0.717, 1.165) is 16.6 Å². The summed E-state index contributed by atoms with van der Waals surface area (Å²) >= 11 is 15.3. The predicted octanol–water partition coefficient (Wildman–Crippen LogP) is 7.16. The van der Waals surface area contributed by atoms with E-state index < -0.39 is 14.2 Å². The number of hydrogen-bond acceptors (Lipinski definition) is 1. The van der Waals surface area contributed by atoms with Gasteiger partial charge in [0, 0.05) is 16.2 Å². The normalized spacial score (nSPS) is 11.8. The molecule has 0 unspecified atom stereocenters. The fourth-order valence-electron chi connectivity index (χ4n) is 2.18. The molecule has 2 aromatic carbocycles. The Kier molecular flexibility index (Phi) is 8.08. The molecule has 0 bridgehead atoms. The van der Waals surface area contributed by atoms with Gasteiger partial charge in [0.15, 0.2) is 0 Å². The molecule has 0 N–H and O–H groups in total. The summed E-state index contributed by atoms with van der Waals surface area (Å²) in [5, 5.41) is 7.04. The van der Waals surface area contributed by atoms with Gasteiger partial charge >= 0.3 is 49.6 Å². The number of fused-ring (bicyclic) bond motifs is 1. The zero-order valence-corrected chi connectivity index (χ0v) is 20.4. The standard InChI is InChI=1S/C15H10Cl3N2.4ClH.Sb/c1-9-6-10-4-2-3-5-14(10)20(19-9)15-12(17)7-11(16)8-13(15)18;;;;;/h2-8H,1H3;4*1H;/q+1;;;;;+3/p-4. The van der Waals surface area contributed by atoms with Crippen LogP contribution in [-0.2, 0) is 0 Å². The van der Waals surface area contributed by atoms with E-state index in [-0.39, 0.29) is 0 Å². The molecule has 3 aromatic rings. The van der Waals surface area contributed by atoms with Crippen LogP contribution < -0.4 is 4.68 Å². The van der Waals surface area contributed by atoms with Crippen molar-refractivity contribution in [2.24, 2.45) is 0 Å². The molecule has 0 saturated heterocycles. The molecule has 25 heavy (non-hydrogen) atoms. The summed E-state index contributed by atoms with van der Waals surface area (Å²) in [7, 11) is 20.1. The van der Waals surface area contributed by atoms with Crippen molar-refractivity contribution in [1.82, 2.24) is 5.10 Å². The third-order valence-electron chi connectivity index (χ3n) is 2.98. The molecular formula is C15H10Cl7N2Sb. The van der Waals surface area contributed by atoms with Crippen LogP contribution in [0.15, 0.2) is 42.5 Å². The quantitative estimate of drug-likeness (QED) is 0.218. The maximum atomic E-state index is 6.29. The molecule has 3 rings (SSSR count). The number of aromatic nitrogens is 2. The third-order valence-corrected chi connectivity index (χ3v) is 3.77. The van der Waals surface area contributed by atoms with Gasteiger partial charge in [0.25, 0.3) is 5.69 Å². The van der Waals surface area contributed by atoms with Crippen LogP contribution in [0, 0.1) is 6.92 Å². The molecule has 2 nitrogen and oxygen atoms in total. The van der Waals surface area contributed by atoms with Crippen LogP contribution in [0.3, 0.4) is 0 Å². The molecule has 0 aliphatic rings. The molecule has 1 aromatic heterocycles. The second-order valence-electron chi connectivity index (χ2n) is 4.86. The van der Waals surface area contributed by atoms with Crippen molar-refractivity contribution in [1.29, 1.82) is 0 Å². The fourth-order valence-corrected chi connectivity index (χ4v) is 3.15. The van der Waals surface area contributed by atoms with Gasteiger partial charge in [0.2, 0.25) is 5.52 Å². The van der Waals surface area contributed by atoms with Gasteiger partial charge < -0.3 is 0 Å². The summed E-state index contributed by atoms with van der Waals surface area (Å²) in [6.45, 7) is 1.93. The number of nitrogens with zero attached hydrogens (tertiary/aromatic N) is 2. The van der Waals surface area contributed by atoms with Crippen molar-refractivity contribution in [3.8, 4) is 5.69 Å². The van der Waals surface area contributed by atoms with E-state index in [2.05, 4.69) is 5.10 Å². The van der Waals surface area contributed by atoms with Crippen LogP contribution in [-0.4, -0.2) is 19.3 Å². The SMILES string of the molecule is Cc1cc2ccccc2[n+](-c2c(Cl)cc(Cl)cc2Cl)n1.[Cl][Sb-]([Cl])([Cl])[Cl]. The van der Waals surface area contributed by atoms with Gasteiger partial charge in [-0.25, -0.2) is 0 Å². The molecule has 134 valence electrons. The molecule has 0 amide bonds. The number of hydrogen-bond donors (Lipinski definition) is 0. The second-order valence-corrected chi connectivity index (χ2v) is 28.9. The number of benzene rings is 2. The molecule has 0 aliphatic carbocycles. The average molecular weight is 588 g/mol. The topological polar surface area (TPSA) is 16.8 Å². The van der Waals surface area contributed by atoms with E-state index in [1.54, 1.807) is 16.8 Å². The fraction of sp³-hybridized carbons (Fsp3) is 0.0667.